The van der Waals surface area contributed by atoms with Gasteiger partial charge in [0, 0.05) is 12.8 Å². The fraction of sp³-hybridized carbons (Fsp3) is 0.909. The van der Waals surface area contributed by atoms with Gasteiger partial charge < -0.3 is 24.6 Å². The van der Waals surface area contributed by atoms with Crippen LogP contribution in [0.25, 0.3) is 0 Å². The Kier molecular flexibility index (Phi) is 19.7. The summed E-state index contributed by atoms with van der Waals surface area (Å²) >= 11 is 0. The van der Waals surface area contributed by atoms with Gasteiger partial charge in [0.2, 0.25) is 0 Å². The lowest BCUT2D eigenvalue weighted by molar-refractivity contribution is -0.153. The number of hydrogen-bond acceptors (Lipinski definition) is 9. The largest absolute Gasteiger partial charge is 0.472 e. The van der Waals surface area contributed by atoms with Crippen molar-refractivity contribution in [3.05, 3.63) is 0 Å². The molecule has 33 heavy (non-hydrogen) atoms. The highest BCUT2D eigenvalue weighted by Gasteiger charge is 2.27. The van der Waals surface area contributed by atoms with Gasteiger partial charge in [-0.1, -0.05) is 65.2 Å². The summed E-state index contributed by atoms with van der Waals surface area (Å²) in [5.41, 5.74) is 0. The predicted molar refractivity (Wildman–Crippen MR) is 122 cm³/mol. The number of esters is 2. The summed E-state index contributed by atoms with van der Waals surface area (Å²) in [7, 11) is -4.59. The molecule has 0 heterocycles. The molecule has 0 saturated heterocycles. The topological polar surface area (TPSA) is 149 Å². The first-order valence-electron chi connectivity index (χ1n) is 12.0. The van der Waals surface area contributed by atoms with Gasteiger partial charge in [-0.15, -0.1) is 0 Å². The van der Waals surface area contributed by atoms with Gasteiger partial charge in [0.25, 0.3) is 0 Å². The van der Waals surface area contributed by atoms with Crippen LogP contribution in [-0.4, -0.2) is 65.7 Å². The van der Waals surface area contributed by atoms with Crippen molar-refractivity contribution in [2.24, 2.45) is 0 Å². The van der Waals surface area contributed by atoms with Gasteiger partial charge in [-0.3, -0.25) is 18.6 Å². The number of rotatable bonds is 22. The highest BCUT2D eigenvalue weighted by molar-refractivity contribution is 7.47. The van der Waals surface area contributed by atoms with Gasteiger partial charge in [0.15, 0.2) is 0 Å². The Bertz CT molecular complexity index is 513. The molecule has 2 unspecified atom stereocenters. The van der Waals surface area contributed by atoms with Crippen molar-refractivity contribution in [3.63, 3.8) is 0 Å². The Morgan fingerprint density at radius 3 is 1.39 bits per heavy atom. The van der Waals surface area contributed by atoms with E-state index in [4.69, 9.17) is 18.5 Å². The van der Waals surface area contributed by atoms with Crippen molar-refractivity contribution in [3.8, 4) is 0 Å². The molecule has 0 aliphatic carbocycles. The average molecular weight is 499 g/mol. The summed E-state index contributed by atoms with van der Waals surface area (Å²) in [6.45, 7) is 1.92. The molecule has 10 nitrogen and oxygen atoms in total. The molecule has 0 aromatic rings. The third-order valence-electron chi connectivity index (χ3n) is 4.82. The van der Waals surface area contributed by atoms with Gasteiger partial charge in [0.05, 0.1) is 26.4 Å². The molecule has 196 valence electrons. The fourth-order valence-electron chi connectivity index (χ4n) is 2.88. The second-order valence-electron chi connectivity index (χ2n) is 7.98. The van der Waals surface area contributed by atoms with Crippen molar-refractivity contribution < 1.29 is 47.8 Å². The molecule has 0 amide bonds. The minimum atomic E-state index is -4.59. The predicted octanol–water partition coefficient (Wildman–Crippen LogP) is 3.65. The molecule has 3 N–H and O–H groups in total. The first-order valence-corrected chi connectivity index (χ1v) is 13.5. The van der Waals surface area contributed by atoms with Crippen molar-refractivity contribution in [1.82, 2.24) is 0 Å². The molecular formula is C22H43O10P. The Morgan fingerprint density at radius 2 is 1.06 bits per heavy atom. The number of phosphoric ester groups is 1. The standard InChI is InChI=1S/C22H43O10P/c1-3-5-7-9-11-13-21(25)31-19(15-23)17-29-33(27,28)30-18-20(16-24)32-22(26)14-12-10-8-6-4-2/h19-20,23-24H,3-18H2,1-2H3,(H,27,28). The fourth-order valence-corrected chi connectivity index (χ4v) is 3.66. The molecular weight excluding hydrogens is 455 g/mol. The lowest BCUT2D eigenvalue weighted by Crippen LogP contribution is -2.28. The summed E-state index contributed by atoms with van der Waals surface area (Å²) in [6.07, 6.45) is 7.74. The quantitative estimate of drug-likeness (QED) is 0.115. The Balaban J connectivity index is 4.23. The second kappa shape index (κ2) is 20.4. The van der Waals surface area contributed by atoms with E-state index in [1.807, 2.05) is 0 Å². The van der Waals surface area contributed by atoms with Crippen LogP contribution in [-0.2, 0) is 32.7 Å². The van der Waals surface area contributed by atoms with Crippen LogP contribution in [0.1, 0.15) is 90.9 Å². The molecule has 0 spiro atoms. The van der Waals surface area contributed by atoms with Crippen LogP contribution in [0.4, 0.5) is 0 Å². The minimum absolute atomic E-state index is 0.190. The molecule has 0 radical (unpaired) electrons. The maximum atomic E-state index is 12.0. The van der Waals surface area contributed by atoms with E-state index >= 15 is 0 Å². The summed E-state index contributed by atoms with van der Waals surface area (Å²) < 4.78 is 31.7. The van der Waals surface area contributed by atoms with Crippen molar-refractivity contribution in [2.45, 2.75) is 103 Å². The zero-order valence-corrected chi connectivity index (χ0v) is 21.0. The van der Waals surface area contributed by atoms with Crippen molar-refractivity contribution >= 4 is 19.8 Å². The molecule has 0 bridgehead atoms. The smallest absolute Gasteiger partial charge is 0.457 e. The monoisotopic (exact) mass is 498 g/mol. The highest BCUT2D eigenvalue weighted by atomic mass is 31.2. The van der Waals surface area contributed by atoms with Gasteiger partial charge in [-0.05, 0) is 12.8 Å². The van der Waals surface area contributed by atoms with Crippen LogP contribution in [0.15, 0.2) is 0 Å². The van der Waals surface area contributed by atoms with Crippen LogP contribution in [0.2, 0.25) is 0 Å². The van der Waals surface area contributed by atoms with Crippen LogP contribution < -0.4 is 0 Å². The van der Waals surface area contributed by atoms with E-state index in [0.717, 1.165) is 51.4 Å². The first-order chi connectivity index (χ1) is 15.8. The van der Waals surface area contributed by atoms with Crippen LogP contribution in [0.3, 0.4) is 0 Å². The maximum Gasteiger partial charge on any atom is 0.472 e. The number of carbonyl (C=O) groups excluding carboxylic acids is 2. The molecule has 0 fully saturated rings. The summed E-state index contributed by atoms with van der Waals surface area (Å²) in [5, 5.41) is 18.7. The molecule has 0 saturated carbocycles. The number of unbranched alkanes of at least 4 members (excludes halogenated alkanes) is 8. The Hall–Kier alpha value is -1.03. The number of aliphatic hydroxyl groups excluding tert-OH is 2. The lowest BCUT2D eigenvalue weighted by Gasteiger charge is -2.20. The maximum absolute atomic E-state index is 12.0. The zero-order chi connectivity index (χ0) is 25.0. The van der Waals surface area contributed by atoms with E-state index in [-0.39, 0.29) is 12.8 Å². The average Bonchev–Trinajstić information content (AvgIpc) is 2.79. The van der Waals surface area contributed by atoms with E-state index in [2.05, 4.69) is 13.8 Å². The van der Waals surface area contributed by atoms with Crippen LogP contribution >= 0.6 is 7.82 Å². The minimum Gasteiger partial charge on any atom is -0.457 e. The van der Waals surface area contributed by atoms with E-state index < -0.39 is 58.4 Å². The van der Waals surface area contributed by atoms with E-state index in [0.29, 0.717) is 12.8 Å². The van der Waals surface area contributed by atoms with E-state index in [1.165, 1.54) is 0 Å². The highest BCUT2D eigenvalue weighted by Crippen LogP contribution is 2.43. The molecule has 0 rings (SSSR count). The summed E-state index contributed by atoms with van der Waals surface area (Å²) in [6, 6.07) is 0. The Morgan fingerprint density at radius 1 is 0.697 bits per heavy atom. The van der Waals surface area contributed by atoms with Crippen molar-refractivity contribution in [1.29, 1.82) is 0 Å². The normalized spacial score (nSPS) is 14.9. The van der Waals surface area contributed by atoms with Gasteiger partial charge in [-0.2, -0.15) is 0 Å². The SMILES string of the molecule is CCCCCCCC(=O)OC(CO)COP(=O)(O)OCC(CO)OC(=O)CCCCCCC. The number of phosphoric acid groups is 1. The second-order valence-corrected chi connectivity index (χ2v) is 9.43. The number of carbonyl (C=O) groups is 2. The number of hydrogen-bond donors (Lipinski definition) is 3. The molecule has 0 aromatic carbocycles. The summed E-state index contributed by atoms with van der Waals surface area (Å²) in [5.74, 6) is -1.05. The first kappa shape index (κ1) is 32.0. The van der Waals surface area contributed by atoms with Crippen LogP contribution in [0, 0.1) is 0 Å². The molecule has 0 aromatic heterocycles. The van der Waals surface area contributed by atoms with E-state index in [1.54, 1.807) is 0 Å². The molecule has 0 aliphatic rings. The third-order valence-corrected chi connectivity index (χ3v) is 5.77. The van der Waals surface area contributed by atoms with E-state index in [9.17, 15) is 29.3 Å². The van der Waals surface area contributed by atoms with Gasteiger partial charge in [0.1, 0.15) is 12.2 Å². The third kappa shape index (κ3) is 19.0. The lowest BCUT2D eigenvalue weighted by atomic mass is 10.1. The van der Waals surface area contributed by atoms with Gasteiger partial charge >= 0.3 is 19.8 Å². The zero-order valence-electron chi connectivity index (χ0n) is 20.1. The van der Waals surface area contributed by atoms with Gasteiger partial charge in [-0.25, -0.2) is 4.57 Å². The molecule has 0 aliphatic heterocycles. The number of aliphatic hydroxyl groups is 2. The number of ether oxygens (including phenoxy) is 2. The Labute approximate surface area is 197 Å². The van der Waals surface area contributed by atoms with Crippen LogP contribution in [0.5, 0.6) is 0 Å². The molecule has 2 atom stereocenters. The van der Waals surface area contributed by atoms with Crippen molar-refractivity contribution in [2.75, 3.05) is 26.4 Å². The summed E-state index contributed by atoms with van der Waals surface area (Å²) in [4.78, 5) is 33.4. The molecule has 11 heteroatoms.